The van der Waals surface area contributed by atoms with Gasteiger partial charge >= 0.3 is 43.1 Å². The van der Waals surface area contributed by atoms with E-state index in [4.69, 9.17) is 29.5 Å². The predicted octanol–water partition coefficient (Wildman–Crippen LogP) is 1.81. The molecule has 3 atom stereocenters. The molecule has 0 spiro atoms. The van der Waals surface area contributed by atoms with Crippen LogP contribution in [0.3, 0.4) is 0 Å². The lowest BCUT2D eigenvalue weighted by molar-refractivity contribution is -0.887. The van der Waals surface area contributed by atoms with Crippen LogP contribution in [-0.4, -0.2) is 106 Å². The molecule has 286 valence electrons. The number of hydrogen-bond acceptors (Lipinski definition) is 11. The Balaban J connectivity index is 3.28. The second kappa shape index (κ2) is 18.9. The molecule has 0 heterocycles. The number of carbonyl (C=O) groups is 1. The second-order valence-electron chi connectivity index (χ2n) is 12.7. The smallest absolute Gasteiger partial charge is 0.446 e. The third-order valence-corrected chi connectivity index (χ3v) is 8.41. The highest BCUT2D eigenvalue weighted by molar-refractivity contribution is 7.81. The van der Waals surface area contributed by atoms with Gasteiger partial charge in [0.15, 0.2) is 11.8 Å². The van der Waals surface area contributed by atoms with E-state index in [9.17, 15) is 34.6 Å². The first-order valence-electron chi connectivity index (χ1n) is 15.2. The predicted molar refractivity (Wildman–Crippen MR) is 183 cm³/mol. The van der Waals surface area contributed by atoms with Gasteiger partial charge in [0.25, 0.3) is 0 Å². The minimum absolute atomic E-state index is 0.0966. The summed E-state index contributed by atoms with van der Waals surface area (Å²) < 4.78 is 117. The molecule has 21 heteroatoms. The zero-order valence-electron chi connectivity index (χ0n) is 29.2. The van der Waals surface area contributed by atoms with Gasteiger partial charge in [-0.2, -0.15) is 25.3 Å². The first kappa shape index (κ1) is 44.9. The fraction of sp³-hybridized carbons (Fsp3) is 0.586. The summed E-state index contributed by atoms with van der Waals surface area (Å²) in [5.41, 5.74) is 13.6. The van der Waals surface area contributed by atoms with Crippen molar-refractivity contribution in [1.29, 1.82) is 0 Å². The monoisotopic (exact) mass is 774 g/mol. The van der Waals surface area contributed by atoms with Crippen molar-refractivity contribution in [2.24, 2.45) is 11.5 Å². The first-order chi connectivity index (χ1) is 22.7. The molecule has 0 aromatic heterocycles. The van der Waals surface area contributed by atoms with Crippen LogP contribution in [0, 0.1) is 0 Å². The van der Waals surface area contributed by atoms with Crippen LogP contribution in [-0.2, 0) is 55.7 Å². The molecule has 0 radical (unpaired) electrons. The lowest BCUT2D eigenvalue weighted by Gasteiger charge is -2.34. The number of esters is 1. The van der Waals surface area contributed by atoms with Gasteiger partial charge in [0, 0.05) is 12.0 Å². The molecule has 0 aliphatic heterocycles. The third-order valence-electron chi connectivity index (χ3n) is 7.15. The Hall–Kier alpha value is -3.15. The fourth-order valence-electron chi connectivity index (χ4n) is 4.66. The number of nitrogens with zero attached hydrogens (tertiary/aromatic N) is 2. The summed E-state index contributed by atoms with van der Waals surface area (Å²) in [6, 6.07) is 2.05. The van der Waals surface area contributed by atoms with Crippen LogP contribution in [0.5, 0.6) is 5.75 Å². The topological polar surface area (TPSA) is 272 Å². The summed E-state index contributed by atoms with van der Waals surface area (Å²) >= 11 is 0. The Morgan fingerprint density at radius 3 is 2.08 bits per heavy atom. The SMILES string of the molecule is CC(C)=CCC/C(C)=C/C[N+](CCC[C@@H](C(=O)OC(C)C(OS(=O)(=O)O)c1ccc(OS(=O)(=O)O)c(COS(=O)(=O)O)c1)[N+](C)(C)C)=C(N)N. The number of allylic oxidation sites excluding steroid dienone is 3. The first-order valence-corrected chi connectivity index (χ1v) is 19.3. The van der Waals surface area contributed by atoms with Gasteiger partial charge in [-0.15, -0.1) is 0 Å². The molecule has 0 saturated heterocycles. The number of nitrogens with two attached hydrogens (primary N) is 2. The van der Waals surface area contributed by atoms with Gasteiger partial charge in [-0.3, -0.25) is 29.7 Å². The van der Waals surface area contributed by atoms with Crippen LogP contribution in [0.15, 0.2) is 41.5 Å². The van der Waals surface area contributed by atoms with E-state index < -0.39 is 73.3 Å². The average molecular weight is 775 g/mol. The van der Waals surface area contributed by atoms with Crippen molar-refractivity contribution in [1.82, 2.24) is 0 Å². The van der Waals surface area contributed by atoms with Crippen LogP contribution in [0.1, 0.15) is 70.6 Å². The maximum Gasteiger partial charge on any atom is 0.446 e. The molecule has 0 aliphatic rings. The number of hydrogen-bond donors (Lipinski definition) is 5. The van der Waals surface area contributed by atoms with Gasteiger partial charge in [-0.05, 0) is 64.7 Å². The van der Waals surface area contributed by atoms with Gasteiger partial charge in [0.05, 0.1) is 40.8 Å². The van der Waals surface area contributed by atoms with E-state index in [0.29, 0.717) is 19.5 Å². The Labute approximate surface area is 294 Å². The molecule has 1 aromatic rings. The molecule has 18 nitrogen and oxygen atoms in total. The number of carbonyl (C=O) groups excluding carboxylic acids is 1. The largest absolute Gasteiger partial charge is 0.455 e. The molecular weight excluding hydrogens is 725 g/mol. The number of guanidine groups is 1. The molecule has 1 aromatic carbocycles. The van der Waals surface area contributed by atoms with E-state index in [1.54, 1.807) is 25.7 Å². The molecule has 50 heavy (non-hydrogen) atoms. The van der Waals surface area contributed by atoms with E-state index in [2.05, 4.69) is 14.4 Å². The van der Waals surface area contributed by atoms with Crippen LogP contribution >= 0.6 is 0 Å². The maximum atomic E-state index is 13.5. The summed E-state index contributed by atoms with van der Waals surface area (Å²) in [5.74, 6) is -1.32. The van der Waals surface area contributed by atoms with Crippen LogP contribution in [0.2, 0.25) is 0 Å². The molecule has 0 amide bonds. The Bertz CT molecular complexity index is 1740. The van der Waals surface area contributed by atoms with Gasteiger partial charge in [0.1, 0.15) is 12.2 Å². The second-order valence-corrected chi connectivity index (χ2v) is 15.8. The highest BCUT2D eigenvalue weighted by Gasteiger charge is 2.37. The van der Waals surface area contributed by atoms with E-state index in [0.717, 1.165) is 36.6 Å². The Morgan fingerprint density at radius 2 is 1.58 bits per heavy atom. The summed E-state index contributed by atoms with van der Waals surface area (Å²) in [4.78, 5) is 13.5. The number of quaternary nitrogens is 1. The molecular formula is C29H50N4O14S3+2. The maximum absolute atomic E-state index is 13.5. The van der Waals surface area contributed by atoms with Gasteiger partial charge in [-0.1, -0.05) is 29.4 Å². The molecule has 7 N–H and O–H groups in total. The van der Waals surface area contributed by atoms with Crippen LogP contribution < -0.4 is 15.7 Å². The summed E-state index contributed by atoms with van der Waals surface area (Å²) in [5, 5.41) is 0. The van der Waals surface area contributed by atoms with E-state index in [-0.39, 0.29) is 22.4 Å². The average Bonchev–Trinajstić information content (AvgIpc) is 2.92. The molecule has 0 saturated carbocycles. The highest BCUT2D eigenvalue weighted by Crippen LogP contribution is 2.31. The normalized spacial score (nSPS) is 14.7. The number of ether oxygens (including phenoxy) is 1. The van der Waals surface area contributed by atoms with E-state index in [1.165, 1.54) is 12.5 Å². The van der Waals surface area contributed by atoms with Crippen molar-refractivity contribution in [2.45, 2.75) is 78.2 Å². The zero-order valence-corrected chi connectivity index (χ0v) is 31.6. The molecule has 0 aliphatic carbocycles. The standard InChI is InChI=1S/C29H48N4O14S3/c1-20(2)10-8-11-21(3)15-17-32(29(30)31)16-9-12-25(33(5,6)7)28(34)45-22(4)27(47-50(41,42)43)23-13-14-26(46-49(38,39)40)24(18-23)19-44-48(35,36)37/h10,13-15,18,22,25,27H,8-9,11-12,16-17,19H2,1-7H3,(H5-,30,31,35,36,37,38,39,40,41,42,43)/p+2/b21-15+/t22?,25-,27?/m0/s1. The summed E-state index contributed by atoms with van der Waals surface area (Å²) in [6.45, 7) is 7.15. The fourth-order valence-corrected chi connectivity index (χ4v) is 5.86. The molecule has 2 unspecified atom stereocenters. The van der Waals surface area contributed by atoms with Crippen molar-refractivity contribution in [3.05, 3.63) is 52.6 Å². The minimum Gasteiger partial charge on any atom is -0.455 e. The molecule has 0 bridgehead atoms. The number of rotatable bonds is 21. The zero-order chi connectivity index (χ0) is 38.7. The van der Waals surface area contributed by atoms with Gasteiger partial charge in [0.2, 0.25) is 0 Å². The van der Waals surface area contributed by atoms with Gasteiger partial charge < -0.3 is 13.4 Å². The Morgan fingerprint density at radius 1 is 0.960 bits per heavy atom. The number of benzene rings is 1. The lowest BCUT2D eigenvalue weighted by Crippen LogP contribution is -2.51. The van der Waals surface area contributed by atoms with Crippen molar-refractivity contribution < 1.29 is 70.1 Å². The van der Waals surface area contributed by atoms with Gasteiger partial charge in [-0.25, -0.2) is 13.2 Å². The summed E-state index contributed by atoms with van der Waals surface area (Å²) in [7, 11) is -10.2. The summed E-state index contributed by atoms with van der Waals surface area (Å²) in [6.07, 6.45) is 3.48. The minimum atomic E-state index is -5.21. The van der Waals surface area contributed by atoms with E-state index in [1.807, 2.05) is 26.8 Å². The van der Waals surface area contributed by atoms with Crippen LogP contribution in [0.25, 0.3) is 0 Å². The van der Waals surface area contributed by atoms with Crippen molar-refractivity contribution in [3.8, 4) is 5.75 Å². The van der Waals surface area contributed by atoms with Crippen molar-refractivity contribution >= 4 is 43.1 Å². The van der Waals surface area contributed by atoms with E-state index >= 15 is 0 Å². The Kier molecular flexibility index (Phi) is 17.0. The quantitative estimate of drug-likeness (QED) is 0.0227. The lowest BCUT2D eigenvalue weighted by atomic mass is 10.0. The van der Waals surface area contributed by atoms with Crippen molar-refractivity contribution in [3.63, 3.8) is 0 Å². The van der Waals surface area contributed by atoms with Crippen molar-refractivity contribution in [2.75, 3.05) is 34.2 Å². The molecule has 0 fully saturated rings. The molecule has 1 rings (SSSR count). The van der Waals surface area contributed by atoms with Crippen LogP contribution in [0.4, 0.5) is 0 Å². The highest BCUT2D eigenvalue weighted by atomic mass is 32.3. The number of likely N-dealkylation sites (N-methyl/N-ethyl adjacent to an activating group) is 1. The third kappa shape index (κ3) is 18.2.